The molecule has 12 rings (SSSR count). The van der Waals surface area contributed by atoms with Crippen LogP contribution in [0.1, 0.15) is 23.5 Å². The van der Waals surface area contributed by atoms with Crippen molar-refractivity contribution in [2.24, 2.45) is 0 Å². The number of rotatable bonds is 3. The van der Waals surface area contributed by atoms with Gasteiger partial charge in [-0.15, -0.1) is 0 Å². The van der Waals surface area contributed by atoms with E-state index in [4.69, 9.17) is 0 Å². The molecular weight excluding hydrogens is 653 g/mol. The molecule has 0 N–H and O–H groups in total. The van der Waals surface area contributed by atoms with Gasteiger partial charge in [0, 0.05) is 38.8 Å². The molecule has 0 saturated heterocycles. The number of aromatic nitrogens is 2. The lowest BCUT2D eigenvalue weighted by Gasteiger charge is -2.33. The SMILES string of the molecule is C1=C2c3ccccc3-c3ccccc3C2CC(n2c3ccccc3c3cc(-c4ccc5c(c4)c4ccccc4n5-c4ccc5ccccc5c4)ccc32)=C1. The Morgan fingerprint density at radius 2 is 0.963 bits per heavy atom. The van der Waals surface area contributed by atoms with Gasteiger partial charge in [0.2, 0.25) is 0 Å². The van der Waals surface area contributed by atoms with Crippen LogP contribution in [0, 0.1) is 0 Å². The molecule has 2 aromatic heterocycles. The second-order valence-electron chi connectivity index (χ2n) is 14.9. The zero-order valence-electron chi connectivity index (χ0n) is 29.6. The summed E-state index contributed by atoms with van der Waals surface area (Å²) in [7, 11) is 0. The summed E-state index contributed by atoms with van der Waals surface area (Å²) in [5.41, 5.74) is 16.8. The first-order valence-corrected chi connectivity index (χ1v) is 18.9. The van der Waals surface area contributed by atoms with Crippen LogP contribution in [0.4, 0.5) is 0 Å². The molecule has 252 valence electrons. The van der Waals surface area contributed by atoms with Crippen molar-refractivity contribution < 1.29 is 0 Å². The molecule has 2 nitrogen and oxygen atoms in total. The first-order valence-electron chi connectivity index (χ1n) is 18.9. The zero-order chi connectivity index (χ0) is 35.3. The van der Waals surface area contributed by atoms with Crippen LogP contribution in [0.3, 0.4) is 0 Å². The van der Waals surface area contributed by atoms with E-state index in [1.807, 2.05) is 0 Å². The molecule has 0 aliphatic heterocycles. The standard InChI is InChI=1S/C52H34N2/c1-2-12-34-29-37(24-21-33(34)11-1)53-49-19-9-7-17-44(49)47-30-35(22-27-51(47)53)36-23-28-52-48(31-36)45-18-8-10-20-50(45)54(52)38-25-26-43-41-15-4-3-13-39(41)40-14-5-6-16-42(40)46(43)32-38/h1-31,46H,32H2. The fourth-order valence-electron chi connectivity index (χ4n) is 9.63. The van der Waals surface area contributed by atoms with Crippen molar-refractivity contribution in [3.05, 3.63) is 199 Å². The van der Waals surface area contributed by atoms with Gasteiger partial charge < -0.3 is 9.13 Å². The van der Waals surface area contributed by atoms with Gasteiger partial charge in [-0.2, -0.15) is 0 Å². The van der Waals surface area contributed by atoms with Crippen LogP contribution in [-0.2, 0) is 0 Å². The molecule has 1 unspecified atom stereocenters. The van der Waals surface area contributed by atoms with Gasteiger partial charge in [-0.25, -0.2) is 0 Å². The molecule has 2 heterocycles. The molecule has 0 bridgehead atoms. The minimum absolute atomic E-state index is 0.315. The number of para-hydroxylation sites is 2. The molecule has 10 aromatic rings. The third-order valence-electron chi connectivity index (χ3n) is 12.1. The lowest BCUT2D eigenvalue weighted by molar-refractivity contribution is 0.850. The highest BCUT2D eigenvalue weighted by molar-refractivity contribution is 6.13. The highest BCUT2D eigenvalue weighted by atomic mass is 15.0. The van der Waals surface area contributed by atoms with E-state index in [2.05, 4.69) is 197 Å². The predicted octanol–water partition coefficient (Wildman–Crippen LogP) is 13.8. The Kier molecular flexibility index (Phi) is 6.20. The van der Waals surface area contributed by atoms with Crippen molar-refractivity contribution in [1.29, 1.82) is 0 Å². The maximum absolute atomic E-state index is 2.52. The van der Waals surface area contributed by atoms with Crippen LogP contribution in [0.15, 0.2) is 188 Å². The second-order valence-corrected chi connectivity index (χ2v) is 14.9. The summed E-state index contributed by atoms with van der Waals surface area (Å²) < 4.78 is 4.93. The summed E-state index contributed by atoms with van der Waals surface area (Å²) in [4.78, 5) is 0. The van der Waals surface area contributed by atoms with E-state index < -0.39 is 0 Å². The van der Waals surface area contributed by atoms with E-state index in [0.717, 1.165) is 6.42 Å². The monoisotopic (exact) mass is 686 g/mol. The smallest absolute Gasteiger partial charge is 0.0541 e. The molecule has 0 amide bonds. The van der Waals surface area contributed by atoms with E-state index in [-0.39, 0.29) is 0 Å². The number of allylic oxidation sites excluding steroid dienone is 4. The minimum Gasteiger partial charge on any atom is -0.313 e. The quantitative estimate of drug-likeness (QED) is 0.175. The van der Waals surface area contributed by atoms with Crippen molar-refractivity contribution >= 4 is 65.7 Å². The van der Waals surface area contributed by atoms with E-state index in [9.17, 15) is 0 Å². The first kappa shape index (κ1) is 29.7. The predicted molar refractivity (Wildman–Crippen MR) is 228 cm³/mol. The number of fused-ring (bicyclic) bond motifs is 13. The molecule has 2 aliphatic carbocycles. The van der Waals surface area contributed by atoms with E-state index in [0.29, 0.717) is 5.92 Å². The van der Waals surface area contributed by atoms with Crippen LogP contribution in [0.2, 0.25) is 0 Å². The largest absolute Gasteiger partial charge is 0.313 e. The average Bonchev–Trinajstić information content (AvgIpc) is 3.75. The van der Waals surface area contributed by atoms with E-state index >= 15 is 0 Å². The van der Waals surface area contributed by atoms with Gasteiger partial charge in [-0.3, -0.25) is 0 Å². The highest BCUT2D eigenvalue weighted by Gasteiger charge is 2.32. The summed E-state index contributed by atoms with van der Waals surface area (Å²) in [6.45, 7) is 0. The average molecular weight is 687 g/mol. The number of hydrogen-bond donors (Lipinski definition) is 0. The van der Waals surface area contributed by atoms with Gasteiger partial charge in [0.1, 0.15) is 0 Å². The van der Waals surface area contributed by atoms with Crippen molar-refractivity contribution in [2.45, 2.75) is 12.3 Å². The summed E-state index contributed by atoms with van der Waals surface area (Å²) >= 11 is 0. The third-order valence-corrected chi connectivity index (χ3v) is 12.1. The van der Waals surface area contributed by atoms with Crippen molar-refractivity contribution in [3.8, 4) is 27.9 Å². The Balaban J connectivity index is 1.00. The lowest BCUT2D eigenvalue weighted by Crippen LogP contribution is -2.15. The summed E-state index contributed by atoms with van der Waals surface area (Å²) in [5, 5.41) is 7.61. The Morgan fingerprint density at radius 3 is 1.72 bits per heavy atom. The summed E-state index contributed by atoms with van der Waals surface area (Å²) in [6.07, 6.45) is 5.71. The number of hydrogen-bond acceptors (Lipinski definition) is 0. The maximum Gasteiger partial charge on any atom is 0.0541 e. The fraction of sp³-hybridized carbons (Fsp3) is 0.0385. The van der Waals surface area contributed by atoms with Crippen LogP contribution in [0.25, 0.3) is 93.6 Å². The van der Waals surface area contributed by atoms with Crippen LogP contribution >= 0.6 is 0 Å². The van der Waals surface area contributed by atoms with Crippen molar-refractivity contribution in [2.75, 3.05) is 0 Å². The first-order chi connectivity index (χ1) is 26.8. The molecule has 0 spiro atoms. The summed E-state index contributed by atoms with van der Waals surface area (Å²) in [5.74, 6) is 0.315. The van der Waals surface area contributed by atoms with Crippen molar-refractivity contribution in [1.82, 2.24) is 9.13 Å². The second kappa shape index (κ2) is 11.3. The molecule has 0 radical (unpaired) electrons. The third kappa shape index (κ3) is 4.22. The molecule has 2 aliphatic rings. The molecule has 1 atom stereocenters. The zero-order valence-corrected chi connectivity index (χ0v) is 29.6. The van der Waals surface area contributed by atoms with Crippen molar-refractivity contribution in [3.63, 3.8) is 0 Å². The maximum atomic E-state index is 2.52. The molecule has 54 heavy (non-hydrogen) atoms. The molecular formula is C52H34N2. The van der Waals surface area contributed by atoms with Gasteiger partial charge in [-0.1, -0.05) is 133 Å². The Morgan fingerprint density at radius 1 is 0.389 bits per heavy atom. The van der Waals surface area contributed by atoms with Crippen LogP contribution in [-0.4, -0.2) is 9.13 Å². The van der Waals surface area contributed by atoms with Gasteiger partial charge in [0.25, 0.3) is 0 Å². The van der Waals surface area contributed by atoms with Crippen LogP contribution < -0.4 is 0 Å². The Bertz CT molecular complexity index is 3260. The molecule has 0 saturated carbocycles. The van der Waals surface area contributed by atoms with E-state index in [1.54, 1.807) is 0 Å². The molecule has 8 aromatic carbocycles. The molecule has 2 heteroatoms. The van der Waals surface area contributed by atoms with E-state index in [1.165, 1.54) is 105 Å². The highest BCUT2D eigenvalue weighted by Crippen LogP contribution is 2.51. The number of nitrogens with zero attached hydrogens (tertiary/aromatic N) is 2. The van der Waals surface area contributed by atoms with Gasteiger partial charge >= 0.3 is 0 Å². The number of benzene rings is 8. The fourth-order valence-corrected chi connectivity index (χ4v) is 9.63. The normalized spacial score (nSPS) is 15.0. The Labute approximate surface area is 313 Å². The van der Waals surface area contributed by atoms with Gasteiger partial charge in [0.05, 0.1) is 22.1 Å². The topological polar surface area (TPSA) is 9.86 Å². The summed E-state index contributed by atoms with van der Waals surface area (Å²) in [6, 6.07) is 65.1. The van der Waals surface area contributed by atoms with Gasteiger partial charge in [0.15, 0.2) is 0 Å². The van der Waals surface area contributed by atoms with Gasteiger partial charge in [-0.05, 0) is 111 Å². The minimum atomic E-state index is 0.315. The lowest BCUT2D eigenvalue weighted by atomic mass is 9.72. The van der Waals surface area contributed by atoms with Crippen LogP contribution in [0.5, 0.6) is 0 Å². The Hall–Kier alpha value is -6.90. The molecule has 0 fully saturated rings.